The van der Waals surface area contributed by atoms with E-state index in [4.69, 9.17) is 34.8 Å². The summed E-state index contributed by atoms with van der Waals surface area (Å²) < 4.78 is 0. The molecular formula is C28H29Cl3N2O2. The minimum Gasteiger partial charge on any atom is -0.354 e. The van der Waals surface area contributed by atoms with Crippen molar-refractivity contribution in [2.45, 2.75) is 39.3 Å². The van der Waals surface area contributed by atoms with Crippen LogP contribution in [0.25, 0.3) is 0 Å². The molecule has 0 bridgehead atoms. The van der Waals surface area contributed by atoms with E-state index >= 15 is 0 Å². The first-order chi connectivity index (χ1) is 16.7. The number of hydrogen-bond acceptors (Lipinski definition) is 2. The number of benzene rings is 3. The van der Waals surface area contributed by atoms with E-state index in [9.17, 15) is 9.59 Å². The summed E-state index contributed by atoms with van der Waals surface area (Å²) in [5, 5.41) is 4.35. The van der Waals surface area contributed by atoms with Gasteiger partial charge in [-0.1, -0.05) is 103 Å². The highest BCUT2D eigenvalue weighted by atomic mass is 35.5. The first kappa shape index (κ1) is 27.1. The van der Waals surface area contributed by atoms with Crippen molar-refractivity contribution in [1.82, 2.24) is 10.2 Å². The molecule has 1 atom stereocenters. The summed E-state index contributed by atoms with van der Waals surface area (Å²) in [5.41, 5.74) is 2.45. The quantitative estimate of drug-likeness (QED) is 0.320. The van der Waals surface area contributed by atoms with Gasteiger partial charge in [0.05, 0.1) is 16.5 Å². The molecule has 0 fully saturated rings. The Morgan fingerprint density at radius 3 is 2.17 bits per heavy atom. The van der Waals surface area contributed by atoms with Gasteiger partial charge in [-0.3, -0.25) is 9.59 Å². The van der Waals surface area contributed by atoms with Crippen LogP contribution < -0.4 is 5.32 Å². The van der Waals surface area contributed by atoms with Crippen LogP contribution in [-0.2, 0) is 29.0 Å². The van der Waals surface area contributed by atoms with Crippen molar-refractivity contribution in [1.29, 1.82) is 0 Å². The molecule has 3 aromatic rings. The van der Waals surface area contributed by atoms with Crippen LogP contribution >= 0.6 is 34.8 Å². The summed E-state index contributed by atoms with van der Waals surface area (Å²) in [6.07, 6.45) is 0.449. The predicted molar refractivity (Wildman–Crippen MR) is 144 cm³/mol. The third kappa shape index (κ3) is 7.99. The summed E-state index contributed by atoms with van der Waals surface area (Å²) in [5.74, 6) is -0.126. The first-order valence-electron chi connectivity index (χ1n) is 11.5. The van der Waals surface area contributed by atoms with Crippen molar-refractivity contribution in [3.63, 3.8) is 0 Å². The third-order valence-corrected chi connectivity index (χ3v) is 6.70. The van der Waals surface area contributed by atoms with Gasteiger partial charge in [0.15, 0.2) is 0 Å². The van der Waals surface area contributed by atoms with Crippen LogP contribution in [-0.4, -0.2) is 29.3 Å². The molecule has 4 nitrogen and oxygen atoms in total. The van der Waals surface area contributed by atoms with Crippen molar-refractivity contribution in [3.8, 4) is 0 Å². The summed E-state index contributed by atoms with van der Waals surface area (Å²) in [6, 6.07) is 21.4. The molecule has 2 amide bonds. The van der Waals surface area contributed by atoms with Crippen LogP contribution in [0.4, 0.5) is 0 Å². The fourth-order valence-corrected chi connectivity index (χ4v) is 4.24. The molecule has 0 aliphatic carbocycles. The van der Waals surface area contributed by atoms with Gasteiger partial charge in [0.25, 0.3) is 0 Å². The molecule has 184 valence electrons. The molecular weight excluding hydrogens is 503 g/mol. The van der Waals surface area contributed by atoms with Gasteiger partial charge < -0.3 is 10.2 Å². The Morgan fingerprint density at radius 1 is 0.829 bits per heavy atom. The highest BCUT2D eigenvalue weighted by Gasteiger charge is 2.30. The number of carbonyl (C=O) groups is 2. The molecule has 0 saturated heterocycles. The lowest BCUT2D eigenvalue weighted by molar-refractivity contribution is -0.140. The molecule has 0 radical (unpaired) electrons. The molecule has 35 heavy (non-hydrogen) atoms. The molecule has 0 aromatic heterocycles. The zero-order chi connectivity index (χ0) is 25.4. The van der Waals surface area contributed by atoms with Crippen molar-refractivity contribution >= 4 is 46.6 Å². The lowest BCUT2D eigenvalue weighted by atomic mass is 10.0. The lowest BCUT2D eigenvalue weighted by Gasteiger charge is -2.32. The summed E-state index contributed by atoms with van der Waals surface area (Å²) in [4.78, 5) is 28.8. The Balaban J connectivity index is 1.98. The van der Waals surface area contributed by atoms with Crippen LogP contribution in [0.5, 0.6) is 0 Å². The van der Waals surface area contributed by atoms with Gasteiger partial charge in [-0.05, 0) is 40.8 Å². The average Bonchev–Trinajstić information content (AvgIpc) is 2.84. The molecule has 0 unspecified atom stereocenters. The molecule has 1 N–H and O–H groups in total. The Hall–Kier alpha value is -2.53. The minimum atomic E-state index is -0.722. The maximum Gasteiger partial charge on any atom is 0.243 e. The molecule has 0 heterocycles. The van der Waals surface area contributed by atoms with Crippen molar-refractivity contribution < 1.29 is 9.59 Å². The predicted octanol–water partition coefficient (Wildman–Crippen LogP) is 6.60. The van der Waals surface area contributed by atoms with E-state index in [-0.39, 0.29) is 30.7 Å². The molecule has 0 aliphatic heterocycles. The summed E-state index contributed by atoms with van der Waals surface area (Å²) >= 11 is 18.7. The lowest BCUT2D eigenvalue weighted by Crippen LogP contribution is -2.51. The largest absolute Gasteiger partial charge is 0.354 e. The van der Waals surface area contributed by atoms with Gasteiger partial charge in [-0.25, -0.2) is 0 Å². The van der Waals surface area contributed by atoms with Gasteiger partial charge in [0, 0.05) is 24.5 Å². The SMILES string of the molecule is CC(C)CNC(=O)[C@H](Cc1ccccc1)N(Cc1ccc(Cl)c(Cl)c1)C(=O)Cc1ccccc1Cl. The van der Waals surface area contributed by atoms with Crippen LogP contribution in [0.15, 0.2) is 72.8 Å². The van der Waals surface area contributed by atoms with Crippen LogP contribution in [0.1, 0.15) is 30.5 Å². The minimum absolute atomic E-state index is 0.0732. The fraction of sp³-hybridized carbons (Fsp3) is 0.286. The summed E-state index contributed by atoms with van der Waals surface area (Å²) in [7, 11) is 0. The Morgan fingerprint density at radius 2 is 1.51 bits per heavy atom. The molecule has 3 rings (SSSR count). The van der Waals surface area contributed by atoms with Gasteiger partial charge in [0.1, 0.15) is 6.04 Å². The van der Waals surface area contributed by atoms with E-state index < -0.39 is 6.04 Å². The second kappa shape index (κ2) is 13.0. The van der Waals surface area contributed by atoms with Crippen LogP contribution in [0, 0.1) is 5.92 Å². The van der Waals surface area contributed by atoms with Gasteiger partial charge in [-0.15, -0.1) is 0 Å². The number of nitrogens with zero attached hydrogens (tertiary/aromatic N) is 1. The van der Waals surface area contributed by atoms with E-state index in [1.807, 2.05) is 68.4 Å². The van der Waals surface area contributed by atoms with E-state index in [2.05, 4.69) is 5.32 Å². The maximum atomic E-state index is 13.7. The standard InChI is InChI=1S/C28H29Cl3N2O2/c1-19(2)17-32-28(35)26(15-20-8-4-3-5-9-20)33(18-21-12-13-24(30)25(31)14-21)27(34)16-22-10-6-7-11-23(22)29/h3-14,19,26H,15-18H2,1-2H3,(H,32,35)/t26-/m0/s1. The molecule has 0 spiro atoms. The number of rotatable bonds is 10. The third-order valence-electron chi connectivity index (χ3n) is 5.59. The Kier molecular flexibility index (Phi) is 10.0. The van der Waals surface area contributed by atoms with E-state index in [0.717, 1.165) is 11.1 Å². The smallest absolute Gasteiger partial charge is 0.243 e. The number of nitrogens with one attached hydrogen (secondary N) is 1. The Bertz CT molecular complexity index is 1150. The number of amides is 2. The monoisotopic (exact) mass is 530 g/mol. The molecule has 0 saturated carbocycles. The normalized spacial score (nSPS) is 11.8. The topological polar surface area (TPSA) is 49.4 Å². The van der Waals surface area contributed by atoms with Gasteiger partial charge in [0.2, 0.25) is 11.8 Å². The number of hydrogen-bond donors (Lipinski definition) is 1. The van der Waals surface area contributed by atoms with E-state index in [1.165, 1.54) is 0 Å². The zero-order valence-electron chi connectivity index (χ0n) is 19.8. The van der Waals surface area contributed by atoms with Crippen LogP contribution in [0.2, 0.25) is 15.1 Å². The fourth-order valence-electron chi connectivity index (χ4n) is 3.72. The van der Waals surface area contributed by atoms with E-state index in [1.54, 1.807) is 23.1 Å². The van der Waals surface area contributed by atoms with Crippen molar-refractivity contribution in [2.24, 2.45) is 5.92 Å². The summed E-state index contributed by atoms with van der Waals surface area (Å²) in [6.45, 7) is 4.78. The second-order valence-electron chi connectivity index (χ2n) is 8.88. The Labute approximate surface area is 222 Å². The van der Waals surface area contributed by atoms with E-state index in [0.29, 0.717) is 33.6 Å². The average molecular weight is 532 g/mol. The first-order valence-corrected chi connectivity index (χ1v) is 12.7. The molecule has 0 aliphatic rings. The molecule has 3 aromatic carbocycles. The van der Waals surface area contributed by atoms with Gasteiger partial charge >= 0.3 is 0 Å². The maximum absolute atomic E-state index is 13.7. The number of carbonyl (C=O) groups excluding carboxylic acids is 2. The van der Waals surface area contributed by atoms with Crippen LogP contribution in [0.3, 0.4) is 0 Å². The molecule has 7 heteroatoms. The van der Waals surface area contributed by atoms with Gasteiger partial charge in [-0.2, -0.15) is 0 Å². The highest BCUT2D eigenvalue weighted by Crippen LogP contribution is 2.25. The van der Waals surface area contributed by atoms with Crippen molar-refractivity contribution in [2.75, 3.05) is 6.54 Å². The number of halogens is 3. The highest BCUT2D eigenvalue weighted by molar-refractivity contribution is 6.42. The zero-order valence-corrected chi connectivity index (χ0v) is 22.1. The second-order valence-corrected chi connectivity index (χ2v) is 10.1. The van der Waals surface area contributed by atoms with Crippen molar-refractivity contribution in [3.05, 3.63) is 105 Å².